The topological polar surface area (TPSA) is 43.4 Å². The van der Waals surface area contributed by atoms with Crippen molar-refractivity contribution in [1.29, 1.82) is 0 Å². The fourth-order valence-corrected chi connectivity index (χ4v) is 2.73. The first-order valence-corrected chi connectivity index (χ1v) is 7.58. The molecule has 4 nitrogen and oxygen atoms in total. The molecule has 1 aromatic heterocycles. The van der Waals surface area contributed by atoms with E-state index in [0.29, 0.717) is 13.2 Å². The van der Waals surface area contributed by atoms with Crippen LogP contribution in [0.25, 0.3) is 0 Å². The summed E-state index contributed by atoms with van der Waals surface area (Å²) in [7, 11) is 1.94. The van der Waals surface area contributed by atoms with Crippen LogP contribution in [-0.4, -0.2) is 25.2 Å². The van der Waals surface area contributed by atoms with E-state index in [1.807, 2.05) is 44.4 Å². The van der Waals surface area contributed by atoms with Crippen molar-refractivity contribution in [2.75, 3.05) is 20.3 Å². The molecule has 20 heavy (non-hydrogen) atoms. The Morgan fingerprint density at radius 1 is 1.20 bits per heavy atom. The lowest BCUT2D eigenvalue weighted by molar-refractivity contribution is 0.279. The number of rotatable bonds is 8. The lowest BCUT2D eigenvalue weighted by atomic mass is 10.3. The summed E-state index contributed by atoms with van der Waals surface area (Å²) in [6.07, 6.45) is 2.74. The van der Waals surface area contributed by atoms with Crippen LogP contribution < -0.4 is 14.8 Å². The zero-order valence-corrected chi connectivity index (χ0v) is 12.7. The van der Waals surface area contributed by atoms with Crippen molar-refractivity contribution >= 4 is 11.3 Å². The Hall–Kier alpha value is -1.59. The molecule has 0 fully saturated rings. The lowest BCUT2D eigenvalue weighted by Gasteiger charge is -2.10. The molecule has 0 radical (unpaired) electrons. The second-order valence-corrected chi connectivity index (χ2v) is 5.43. The molecule has 0 aliphatic heterocycles. The number of aromatic nitrogens is 1. The summed E-state index contributed by atoms with van der Waals surface area (Å²) >= 11 is 1.72. The molecular weight excluding hydrogens is 272 g/mol. The fourth-order valence-electron chi connectivity index (χ4n) is 1.81. The van der Waals surface area contributed by atoms with Crippen molar-refractivity contribution in [3.05, 3.63) is 40.3 Å². The number of benzene rings is 1. The van der Waals surface area contributed by atoms with Crippen molar-refractivity contribution < 1.29 is 9.47 Å². The molecule has 0 aliphatic rings. The van der Waals surface area contributed by atoms with Crippen molar-refractivity contribution in [3.63, 3.8) is 0 Å². The highest BCUT2D eigenvalue weighted by atomic mass is 32.1. The largest absolute Gasteiger partial charge is 0.490 e. The first-order chi connectivity index (χ1) is 9.83. The van der Waals surface area contributed by atoms with Crippen LogP contribution in [0.4, 0.5) is 0 Å². The number of hydrogen-bond donors (Lipinski definition) is 1. The van der Waals surface area contributed by atoms with Gasteiger partial charge in [0, 0.05) is 24.0 Å². The van der Waals surface area contributed by atoms with E-state index >= 15 is 0 Å². The summed E-state index contributed by atoms with van der Waals surface area (Å²) in [6, 6.07) is 7.75. The van der Waals surface area contributed by atoms with Crippen molar-refractivity contribution in [2.24, 2.45) is 0 Å². The molecule has 2 aromatic rings. The predicted octanol–water partition coefficient (Wildman–Crippen LogP) is 2.88. The third-order valence-corrected chi connectivity index (χ3v) is 3.73. The Bertz CT molecular complexity index is 528. The highest BCUT2D eigenvalue weighted by Crippen LogP contribution is 2.26. The number of para-hydroxylation sites is 2. The van der Waals surface area contributed by atoms with Gasteiger partial charge in [-0.1, -0.05) is 12.1 Å². The number of thiazole rings is 1. The fraction of sp³-hybridized carbons (Fsp3) is 0.400. The van der Waals surface area contributed by atoms with Crippen LogP contribution in [0.2, 0.25) is 0 Å². The molecule has 0 atom stereocenters. The molecule has 0 spiro atoms. The highest BCUT2D eigenvalue weighted by molar-refractivity contribution is 7.11. The summed E-state index contributed by atoms with van der Waals surface area (Å²) < 4.78 is 11.3. The lowest BCUT2D eigenvalue weighted by Crippen LogP contribution is -2.03. The van der Waals surface area contributed by atoms with E-state index in [4.69, 9.17) is 9.47 Å². The van der Waals surface area contributed by atoms with E-state index < -0.39 is 0 Å². The zero-order valence-electron chi connectivity index (χ0n) is 11.9. The van der Waals surface area contributed by atoms with Gasteiger partial charge in [0.2, 0.25) is 0 Å². The van der Waals surface area contributed by atoms with Gasteiger partial charge in [-0.25, -0.2) is 4.98 Å². The molecule has 0 aliphatic carbocycles. The molecule has 1 N–H and O–H groups in total. The summed E-state index contributed by atoms with van der Waals surface area (Å²) in [5.41, 5.74) is 0. The Labute approximate surface area is 123 Å². The Morgan fingerprint density at radius 3 is 2.65 bits per heavy atom. The molecule has 0 saturated carbocycles. The second-order valence-electron chi connectivity index (χ2n) is 4.23. The van der Waals surface area contributed by atoms with Crippen LogP contribution in [-0.2, 0) is 13.0 Å². The molecule has 1 aromatic carbocycles. The van der Waals surface area contributed by atoms with Crippen LogP contribution in [0.15, 0.2) is 30.5 Å². The van der Waals surface area contributed by atoms with E-state index in [1.165, 1.54) is 4.88 Å². The van der Waals surface area contributed by atoms with Gasteiger partial charge in [0.15, 0.2) is 11.5 Å². The summed E-state index contributed by atoms with van der Waals surface area (Å²) in [5.74, 6) is 1.59. The SMILES string of the molecule is CCOc1ccccc1OCCc1ncc(CNC)s1. The van der Waals surface area contributed by atoms with E-state index in [-0.39, 0.29) is 0 Å². The Balaban J connectivity index is 1.85. The van der Waals surface area contributed by atoms with E-state index in [0.717, 1.165) is 29.5 Å². The van der Waals surface area contributed by atoms with Gasteiger partial charge in [0.05, 0.1) is 18.2 Å². The minimum atomic E-state index is 0.608. The first kappa shape index (κ1) is 14.8. The maximum Gasteiger partial charge on any atom is 0.161 e. The van der Waals surface area contributed by atoms with Gasteiger partial charge < -0.3 is 14.8 Å². The predicted molar refractivity (Wildman–Crippen MR) is 81.7 cm³/mol. The van der Waals surface area contributed by atoms with Crippen LogP contribution >= 0.6 is 11.3 Å². The van der Waals surface area contributed by atoms with Crippen LogP contribution in [0.5, 0.6) is 11.5 Å². The van der Waals surface area contributed by atoms with Crippen LogP contribution in [0, 0.1) is 0 Å². The van der Waals surface area contributed by atoms with E-state index in [9.17, 15) is 0 Å². The Kier molecular flexibility index (Phi) is 5.83. The molecule has 1 heterocycles. The number of ether oxygens (including phenoxy) is 2. The highest BCUT2D eigenvalue weighted by Gasteiger charge is 2.05. The van der Waals surface area contributed by atoms with Crippen molar-refractivity contribution in [3.8, 4) is 11.5 Å². The molecule has 0 amide bonds. The van der Waals surface area contributed by atoms with Gasteiger partial charge in [-0.05, 0) is 26.1 Å². The van der Waals surface area contributed by atoms with Gasteiger partial charge in [-0.3, -0.25) is 0 Å². The minimum absolute atomic E-state index is 0.608. The minimum Gasteiger partial charge on any atom is -0.490 e. The third kappa shape index (κ3) is 4.21. The van der Waals surface area contributed by atoms with Crippen molar-refractivity contribution in [1.82, 2.24) is 10.3 Å². The van der Waals surface area contributed by atoms with Gasteiger partial charge in [-0.2, -0.15) is 0 Å². The molecule has 0 bridgehead atoms. The normalized spacial score (nSPS) is 10.5. The molecule has 2 rings (SSSR count). The molecule has 5 heteroatoms. The smallest absolute Gasteiger partial charge is 0.161 e. The zero-order chi connectivity index (χ0) is 14.2. The molecule has 0 unspecified atom stereocenters. The molecular formula is C15H20N2O2S. The third-order valence-electron chi connectivity index (χ3n) is 2.67. The van der Waals surface area contributed by atoms with Crippen molar-refractivity contribution in [2.45, 2.75) is 19.9 Å². The monoisotopic (exact) mass is 292 g/mol. The van der Waals surface area contributed by atoms with Gasteiger partial charge in [0.25, 0.3) is 0 Å². The number of nitrogens with one attached hydrogen (secondary N) is 1. The summed E-state index contributed by atoms with van der Waals surface area (Å²) in [6.45, 7) is 4.08. The van der Waals surface area contributed by atoms with Gasteiger partial charge in [0.1, 0.15) is 0 Å². The quantitative estimate of drug-likeness (QED) is 0.812. The average Bonchev–Trinajstić information content (AvgIpc) is 2.89. The first-order valence-electron chi connectivity index (χ1n) is 6.76. The standard InChI is InChI=1S/C15H20N2O2S/c1-3-18-13-6-4-5-7-14(13)19-9-8-15-17-11-12(20-15)10-16-2/h4-7,11,16H,3,8-10H2,1-2H3. The number of hydrogen-bond acceptors (Lipinski definition) is 5. The van der Waals surface area contributed by atoms with E-state index in [2.05, 4.69) is 10.3 Å². The molecule has 108 valence electrons. The summed E-state index contributed by atoms with van der Waals surface area (Å²) in [5, 5.41) is 4.22. The second kappa shape index (κ2) is 7.87. The summed E-state index contributed by atoms with van der Waals surface area (Å²) in [4.78, 5) is 5.64. The van der Waals surface area contributed by atoms with Gasteiger partial charge >= 0.3 is 0 Å². The molecule has 0 saturated heterocycles. The Morgan fingerprint density at radius 2 is 1.95 bits per heavy atom. The van der Waals surface area contributed by atoms with E-state index in [1.54, 1.807) is 11.3 Å². The maximum absolute atomic E-state index is 5.79. The number of nitrogens with zero attached hydrogens (tertiary/aromatic N) is 1. The average molecular weight is 292 g/mol. The van der Waals surface area contributed by atoms with Crippen LogP contribution in [0.1, 0.15) is 16.8 Å². The van der Waals surface area contributed by atoms with Crippen LogP contribution in [0.3, 0.4) is 0 Å². The van der Waals surface area contributed by atoms with Gasteiger partial charge in [-0.15, -0.1) is 11.3 Å². The maximum atomic E-state index is 5.79.